The first-order valence-electron chi connectivity index (χ1n) is 8.98. The monoisotopic (exact) mass is 315 g/mol. The Morgan fingerprint density at radius 2 is 2.00 bits per heavy atom. The van der Waals surface area contributed by atoms with E-state index in [0.717, 1.165) is 25.1 Å². The van der Waals surface area contributed by atoms with E-state index in [1.165, 1.54) is 11.1 Å². The molecule has 3 heteroatoms. The molecule has 0 aliphatic carbocycles. The first kappa shape index (κ1) is 15.5. The average Bonchev–Trinajstić information content (AvgIpc) is 2.91. The van der Waals surface area contributed by atoms with Crippen LogP contribution in [0.3, 0.4) is 0 Å². The van der Waals surface area contributed by atoms with Crippen molar-refractivity contribution in [3.8, 4) is 5.75 Å². The highest BCUT2D eigenvalue weighted by Crippen LogP contribution is 2.52. The van der Waals surface area contributed by atoms with E-state index in [4.69, 9.17) is 9.47 Å². The highest BCUT2D eigenvalue weighted by molar-refractivity contribution is 5.44. The summed E-state index contributed by atoms with van der Waals surface area (Å²) in [6.45, 7) is 12.3. The van der Waals surface area contributed by atoms with Gasteiger partial charge in [0.25, 0.3) is 0 Å². The second kappa shape index (κ2) is 4.97. The zero-order valence-electron chi connectivity index (χ0n) is 15.0. The van der Waals surface area contributed by atoms with Gasteiger partial charge in [0.15, 0.2) is 0 Å². The molecule has 0 unspecified atom stereocenters. The minimum absolute atomic E-state index is 0.142. The summed E-state index contributed by atoms with van der Waals surface area (Å²) in [6.07, 6.45) is 2.79. The van der Waals surface area contributed by atoms with Crippen LogP contribution in [0.15, 0.2) is 18.2 Å². The molecule has 0 saturated carbocycles. The van der Waals surface area contributed by atoms with Crippen molar-refractivity contribution in [2.24, 2.45) is 5.92 Å². The van der Waals surface area contributed by atoms with Crippen molar-refractivity contribution in [2.45, 2.75) is 76.7 Å². The van der Waals surface area contributed by atoms with E-state index in [0.29, 0.717) is 18.1 Å². The Bertz CT molecular complexity index is 617. The van der Waals surface area contributed by atoms with Crippen LogP contribution in [0, 0.1) is 5.92 Å². The fraction of sp³-hybridized carbons (Fsp3) is 0.700. The quantitative estimate of drug-likeness (QED) is 0.786. The molecule has 126 valence electrons. The van der Waals surface area contributed by atoms with E-state index >= 15 is 0 Å². The molecule has 3 aliphatic rings. The van der Waals surface area contributed by atoms with Crippen LogP contribution in [0.4, 0.5) is 0 Å². The van der Waals surface area contributed by atoms with Crippen LogP contribution in [-0.4, -0.2) is 24.3 Å². The first-order valence-corrected chi connectivity index (χ1v) is 8.98. The van der Waals surface area contributed by atoms with Crippen LogP contribution >= 0.6 is 0 Å². The van der Waals surface area contributed by atoms with Crippen molar-refractivity contribution < 1.29 is 9.47 Å². The second-order valence-electron chi connectivity index (χ2n) is 8.99. The Morgan fingerprint density at radius 3 is 2.74 bits per heavy atom. The molecule has 0 radical (unpaired) electrons. The molecule has 1 aromatic rings. The highest BCUT2D eigenvalue weighted by Gasteiger charge is 2.51. The Labute approximate surface area is 139 Å². The lowest BCUT2D eigenvalue weighted by Crippen LogP contribution is -2.53. The number of rotatable bonds is 0. The third kappa shape index (κ3) is 2.49. The molecule has 4 atom stereocenters. The Balaban J connectivity index is 1.77. The highest BCUT2D eigenvalue weighted by atomic mass is 16.5. The van der Waals surface area contributed by atoms with E-state index in [9.17, 15) is 0 Å². The molecule has 0 amide bonds. The zero-order chi connectivity index (χ0) is 16.4. The van der Waals surface area contributed by atoms with Crippen molar-refractivity contribution >= 4 is 0 Å². The summed E-state index contributed by atoms with van der Waals surface area (Å²) in [5, 5.41) is 3.61. The molecular formula is C20H29NO2. The summed E-state index contributed by atoms with van der Waals surface area (Å²) in [5.74, 6) is 1.41. The molecular weight excluding hydrogens is 286 g/mol. The van der Waals surface area contributed by atoms with Crippen LogP contribution < -0.4 is 10.1 Å². The van der Waals surface area contributed by atoms with Gasteiger partial charge in [0, 0.05) is 17.5 Å². The molecule has 0 aromatic heterocycles. The van der Waals surface area contributed by atoms with Gasteiger partial charge in [-0.3, -0.25) is 0 Å². The number of nitrogens with one attached hydrogen (secondary N) is 1. The molecule has 0 bridgehead atoms. The minimum atomic E-state index is -0.184. The van der Waals surface area contributed by atoms with Crippen LogP contribution in [0.5, 0.6) is 5.75 Å². The van der Waals surface area contributed by atoms with Gasteiger partial charge in [0.2, 0.25) is 0 Å². The number of fused-ring (bicyclic) bond motifs is 4. The van der Waals surface area contributed by atoms with E-state index in [1.807, 2.05) is 0 Å². The largest absolute Gasteiger partial charge is 0.487 e. The van der Waals surface area contributed by atoms with E-state index < -0.39 is 0 Å². The van der Waals surface area contributed by atoms with Gasteiger partial charge < -0.3 is 14.8 Å². The molecule has 2 fully saturated rings. The second-order valence-corrected chi connectivity index (χ2v) is 8.99. The number of hydrogen-bond acceptors (Lipinski definition) is 3. The number of benzene rings is 1. The standard InChI is InChI=1S/C20H29NO2/c1-19(2,3)12-6-7-16-13(10-12)18-14(20(4,5)23-16)11-15-17(22-18)8-9-21-15/h6-7,10,14-15,17-18,21H,8-9,11H2,1-5H3/t14-,15-,17-,18+/m1/s1. The SMILES string of the molecule is CC(C)(C)c1ccc2c(c1)[C@@H]1O[C@@H]3CCN[C@@H]3C[C@H]1C(C)(C)O2. The van der Waals surface area contributed by atoms with Gasteiger partial charge in [-0.25, -0.2) is 0 Å². The van der Waals surface area contributed by atoms with Gasteiger partial charge in [-0.2, -0.15) is 0 Å². The molecule has 4 rings (SSSR count). The van der Waals surface area contributed by atoms with Crippen molar-refractivity contribution in [1.82, 2.24) is 5.32 Å². The van der Waals surface area contributed by atoms with Gasteiger partial charge in [-0.15, -0.1) is 0 Å². The molecule has 1 N–H and O–H groups in total. The van der Waals surface area contributed by atoms with Gasteiger partial charge in [-0.1, -0.05) is 26.8 Å². The third-order valence-corrected chi connectivity index (χ3v) is 5.93. The van der Waals surface area contributed by atoms with E-state index in [-0.39, 0.29) is 17.1 Å². The third-order valence-electron chi connectivity index (χ3n) is 5.93. The normalized spacial score (nSPS) is 35.0. The molecule has 1 aromatic carbocycles. The van der Waals surface area contributed by atoms with Crippen LogP contribution in [0.25, 0.3) is 0 Å². The van der Waals surface area contributed by atoms with Crippen molar-refractivity contribution in [1.29, 1.82) is 0 Å². The van der Waals surface area contributed by atoms with E-state index in [1.54, 1.807) is 0 Å². The predicted molar refractivity (Wildman–Crippen MR) is 92.0 cm³/mol. The Morgan fingerprint density at radius 1 is 1.22 bits per heavy atom. The average molecular weight is 315 g/mol. The lowest BCUT2D eigenvalue weighted by molar-refractivity contribution is -0.152. The predicted octanol–water partition coefficient (Wildman–Crippen LogP) is 3.96. The summed E-state index contributed by atoms with van der Waals surface area (Å²) in [4.78, 5) is 0. The molecule has 3 aliphatic heterocycles. The molecule has 3 nitrogen and oxygen atoms in total. The fourth-order valence-electron chi connectivity index (χ4n) is 4.45. The first-order chi connectivity index (χ1) is 10.8. The lowest BCUT2D eigenvalue weighted by atomic mass is 9.73. The Kier molecular flexibility index (Phi) is 3.34. The van der Waals surface area contributed by atoms with Gasteiger partial charge in [0.1, 0.15) is 11.4 Å². The van der Waals surface area contributed by atoms with Gasteiger partial charge in [0.05, 0.1) is 12.2 Å². The number of ether oxygens (including phenoxy) is 2. The fourth-order valence-corrected chi connectivity index (χ4v) is 4.45. The van der Waals surface area contributed by atoms with Crippen molar-refractivity contribution in [2.75, 3.05) is 6.54 Å². The van der Waals surface area contributed by atoms with Crippen molar-refractivity contribution in [3.05, 3.63) is 29.3 Å². The summed E-state index contributed by atoms with van der Waals surface area (Å²) in [6, 6.07) is 7.17. The summed E-state index contributed by atoms with van der Waals surface area (Å²) in [7, 11) is 0. The maximum Gasteiger partial charge on any atom is 0.125 e. The maximum atomic E-state index is 6.60. The summed E-state index contributed by atoms with van der Waals surface area (Å²) >= 11 is 0. The lowest BCUT2D eigenvalue weighted by Gasteiger charge is -2.50. The zero-order valence-corrected chi connectivity index (χ0v) is 15.0. The number of hydrogen-bond donors (Lipinski definition) is 1. The molecule has 3 heterocycles. The van der Waals surface area contributed by atoms with Crippen LogP contribution in [0.1, 0.15) is 64.7 Å². The summed E-state index contributed by atoms with van der Waals surface area (Å²) < 4.78 is 13.0. The smallest absolute Gasteiger partial charge is 0.125 e. The summed E-state index contributed by atoms with van der Waals surface area (Å²) in [5.41, 5.74) is 2.57. The van der Waals surface area contributed by atoms with E-state index in [2.05, 4.69) is 58.1 Å². The molecule has 0 spiro atoms. The minimum Gasteiger partial charge on any atom is -0.487 e. The van der Waals surface area contributed by atoms with Crippen LogP contribution in [0.2, 0.25) is 0 Å². The topological polar surface area (TPSA) is 30.5 Å². The van der Waals surface area contributed by atoms with Gasteiger partial charge >= 0.3 is 0 Å². The maximum absolute atomic E-state index is 6.60. The molecule has 2 saturated heterocycles. The van der Waals surface area contributed by atoms with Crippen molar-refractivity contribution in [3.63, 3.8) is 0 Å². The molecule has 23 heavy (non-hydrogen) atoms. The van der Waals surface area contributed by atoms with Crippen LogP contribution in [-0.2, 0) is 10.2 Å². The Hall–Kier alpha value is -1.06. The van der Waals surface area contributed by atoms with Gasteiger partial charge in [-0.05, 0) is 56.3 Å².